The topological polar surface area (TPSA) is 45.2 Å². The zero-order valence-electron chi connectivity index (χ0n) is 27.8. The number of anilines is 1. The SMILES string of the molecule is CS1(C)c2ccccc2-c2cc3c(-c4ccccc4)c4ccccc4c(C4=C(c5ncncn5)N(c5ccccc5)C5=CC=CCN54)c3cc21. The highest BCUT2D eigenvalue weighted by molar-refractivity contribution is 8.33. The Morgan fingerprint density at radius 3 is 2.04 bits per heavy atom. The number of benzene rings is 6. The van der Waals surface area contributed by atoms with Gasteiger partial charge in [-0.1, -0.05) is 103 Å². The van der Waals surface area contributed by atoms with E-state index in [4.69, 9.17) is 9.97 Å². The third-order valence-corrected chi connectivity index (χ3v) is 13.2. The fourth-order valence-corrected chi connectivity index (χ4v) is 10.7. The number of hydrogen-bond acceptors (Lipinski definition) is 5. The lowest BCUT2D eigenvalue weighted by Crippen LogP contribution is -2.27. The van der Waals surface area contributed by atoms with E-state index in [2.05, 4.69) is 167 Å². The molecular formula is C44H33N5S. The highest BCUT2D eigenvalue weighted by Gasteiger charge is 2.40. The van der Waals surface area contributed by atoms with Gasteiger partial charge in [0.05, 0.1) is 5.70 Å². The normalized spacial score (nSPS) is 16.4. The maximum absolute atomic E-state index is 4.81. The van der Waals surface area contributed by atoms with Crippen molar-refractivity contribution in [3.05, 3.63) is 169 Å². The molecule has 0 radical (unpaired) electrons. The van der Waals surface area contributed by atoms with Gasteiger partial charge >= 0.3 is 0 Å². The number of hydrogen-bond donors (Lipinski definition) is 0. The van der Waals surface area contributed by atoms with Crippen molar-refractivity contribution in [1.82, 2.24) is 19.9 Å². The van der Waals surface area contributed by atoms with Crippen LogP contribution in [0.2, 0.25) is 0 Å². The molecule has 0 N–H and O–H groups in total. The lowest BCUT2D eigenvalue weighted by Gasteiger charge is -2.30. The van der Waals surface area contributed by atoms with Gasteiger partial charge in [-0.3, -0.25) is 4.90 Å². The molecule has 50 heavy (non-hydrogen) atoms. The molecule has 1 aromatic heterocycles. The van der Waals surface area contributed by atoms with Crippen molar-refractivity contribution >= 4 is 48.7 Å². The third-order valence-electron chi connectivity index (χ3n) is 10.3. The maximum atomic E-state index is 4.81. The first-order chi connectivity index (χ1) is 24.6. The van der Waals surface area contributed by atoms with Crippen molar-refractivity contribution in [3.63, 3.8) is 0 Å². The van der Waals surface area contributed by atoms with Gasteiger partial charge in [-0.25, -0.2) is 15.0 Å². The number of fused-ring (bicyclic) bond motifs is 6. The summed E-state index contributed by atoms with van der Waals surface area (Å²) in [5.41, 5.74) is 9.46. The van der Waals surface area contributed by atoms with E-state index >= 15 is 0 Å². The second kappa shape index (κ2) is 11.0. The Balaban J connectivity index is 1.41. The third kappa shape index (κ3) is 4.12. The lowest BCUT2D eigenvalue weighted by molar-refractivity contribution is 0.547. The standard InChI is InChI=1S/C44H33N5S/c1-50(2)37-22-12-11-19-31(37)34-25-35-36(26-38(34)50)41(33-21-10-9-20-32(33)40(35)29-15-5-3-6-16-29)42-43(44-46-27-45-28-47-44)49(30-17-7-4-8-18-30)39-23-13-14-24-48(39)42/h3-23,25-28H,24H2,1-2H3. The van der Waals surface area contributed by atoms with Crippen LogP contribution in [0.3, 0.4) is 0 Å². The van der Waals surface area contributed by atoms with Crippen LogP contribution in [0, 0.1) is 0 Å². The minimum absolute atomic E-state index is 0.637. The molecule has 0 amide bonds. The minimum Gasteiger partial charge on any atom is -0.321 e. The predicted molar refractivity (Wildman–Crippen MR) is 208 cm³/mol. The molecular weight excluding hydrogens is 631 g/mol. The first-order valence-corrected chi connectivity index (χ1v) is 19.3. The Bertz CT molecular complexity index is 2590. The summed E-state index contributed by atoms with van der Waals surface area (Å²) in [4.78, 5) is 21.5. The quantitative estimate of drug-likeness (QED) is 0.175. The van der Waals surface area contributed by atoms with E-state index in [0.29, 0.717) is 5.82 Å². The molecule has 0 atom stereocenters. The summed E-state index contributed by atoms with van der Waals surface area (Å²) >= 11 is 0. The molecule has 10 rings (SSSR count). The maximum Gasteiger partial charge on any atom is 0.181 e. The molecule has 0 saturated heterocycles. The summed E-state index contributed by atoms with van der Waals surface area (Å²) in [6.07, 6.45) is 14.7. The van der Waals surface area contributed by atoms with Gasteiger partial charge in [-0.2, -0.15) is 10.0 Å². The molecule has 5 nitrogen and oxygen atoms in total. The summed E-state index contributed by atoms with van der Waals surface area (Å²) < 4.78 is 0. The van der Waals surface area contributed by atoms with E-state index in [-0.39, 0.29) is 0 Å². The molecule has 0 aliphatic carbocycles. The van der Waals surface area contributed by atoms with E-state index in [0.717, 1.165) is 29.4 Å². The summed E-state index contributed by atoms with van der Waals surface area (Å²) in [6.45, 7) is 0.725. The highest BCUT2D eigenvalue weighted by Crippen LogP contribution is 2.68. The summed E-state index contributed by atoms with van der Waals surface area (Å²) in [6, 6.07) is 44.4. The van der Waals surface area contributed by atoms with Crippen LogP contribution in [-0.2, 0) is 0 Å². The Morgan fingerprint density at radius 1 is 0.600 bits per heavy atom. The second-order valence-electron chi connectivity index (χ2n) is 13.3. The fourth-order valence-electron chi connectivity index (χ4n) is 8.17. The zero-order chi connectivity index (χ0) is 33.4. The van der Waals surface area contributed by atoms with Gasteiger partial charge in [0.15, 0.2) is 5.82 Å². The van der Waals surface area contributed by atoms with Crippen LogP contribution in [0.5, 0.6) is 0 Å². The van der Waals surface area contributed by atoms with Crippen LogP contribution < -0.4 is 4.90 Å². The molecule has 0 fully saturated rings. The summed E-state index contributed by atoms with van der Waals surface area (Å²) in [5, 5.41) is 4.90. The molecule has 7 aromatic rings. The van der Waals surface area contributed by atoms with Crippen LogP contribution in [0.25, 0.3) is 55.2 Å². The molecule has 6 aromatic carbocycles. The van der Waals surface area contributed by atoms with E-state index < -0.39 is 10.0 Å². The first-order valence-electron chi connectivity index (χ1n) is 16.9. The van der Waals surface area contributed by atoms with Crippen molar-refractivity contribution < 1.29 is 0 Å². The average Bonchev–Trinajstić information content (AvgIpc) is 3.63. The molecule has 0 unspecified atom stereocenters. The van der Waals surface area contributed by atoms with Crippen molar-refractivity contribution in [2.24, 2.45) is 0 Å². The van der Waals surface area contributed by atoms with E-state index in [9.17, 15) is 0 Å². The molecule has 0 bridgehead atoms. The average molecular weight is 664 g/mol. The van der Waals surface area contributed by atoms with E-state index in [1.807, 2.05) is 0 Å². The van der Waals surface area contributed by atoms with Gasteiger partial charge in [0.1, 0.15) is 24.2 Å². The first kappa shape index (κ1) is 29.0. The molecule has 3 aliphatic heterocycles. The van der Waals surface area contributed by atoms with Crippen LogP contribution in [0.1, 0.15) is 11.4 Å². The lowest BCUT2D eigenvalue weighted by atomic mass is 9.85. The number of para-hydroxylation sites is 1. The fraction of sp³-hybridized carbons (Fsp3) is 0.0682. The minimum atomic E-state index is -1.27. The van der Waals surface area contributed by atoms with Crippen LogP contribution in [0.15, 0.2) is 168 Å². The number of rotatable bonds is 4. The van der Waals surface area contributed by atoms with E-state index in [1.54, 1.807) is 12.7 Å². The molecule has 3 aliphatic rings. The Kier molecular flexibility index (Phi) is 6.39. The van der Waals surface area contributed by atoms with Gasteiger partial charge in [-0.05, 0) is 92.7 Å². The molecule has 4 heterocycles. The second-order valence-corrected chi connectivity index (χ2v) is 16.8. The zero-order valence-corrected chi connectivity index (χ0v) is 28.6. The van der Waals surface area contributed by atoms with Crippen molar-refractivity contribution in [2.75, 3.05) is 24.0 Å². The van der Waals surface area contributed by atoms with Crippen molar-refractivity contribution in [2.45, 2.75) is 9.79 Å². The predicted octanol–water partition coefficient (Wildman–Crippen LogP) is 10.4. The Hall–Kier alpha value is -5.98. The van der Waals surface area contributed by atoms with Crippen molar-refractivity contribution in [1.29, 1.82) is 0 Å². The van der Waals surface area contributed by atoms with Crippen molar-refractivity contribution in [3.8, 4) is 22.3 Å². The van der Waals surface area contributed by atoms with Gasteiger partial charge in [-0.15, -0.1) is 0 Å². The van der Waals surface area contributed by atoms with Gasteiger partial charge in [0, 0.05) is 27.6 Å². The summed E-state index contributed by atoms with van der Waals surface area (Å²) in [5.74, 6) is 1.71. The molecule has 0 saturated carbocycles. The van der Waals surface area contributed by atoms with Crippen LogP contribution in [-0.4, -0.2) is 38.9 Å². The van der Waals surface area contributed by atoms with Crippen LogP contribution in [0.4, 0.5) is 5.69 Å². The van der Waals surface area contributed by atoms with Gasteiger partial charge in [0.2, 0.25) is 0 Å². The van der Waals surface area contributed by atoms with Gasteiger partial charge in [0.25, 0.3) is 0 Å². The van der Waals surface area contributed by atoms with Gasteiger partial charge < -0.3 is 4.90 Å². The molecule has 240 valence electrons. The summed E-state index contributed by atoms with van der Waals surface area (Å²) in [7, 11) is -1.27. The number of nitrogens with zero attached hydrogens (tertiary/aromatic N) is 5. The number of aromatic nitrogens is 3. The highest BCUT2D eigenvalue weighted by atomic mass is 32.3. The molecule has 6 heteroatoms. The smallest absolute Gasteiger partial charge is 0.181 e. The van der Waals surface area contributed by atoms with Crippen LogP contribution >= 0.6 is 10.0 Å². The van der Waals surface area contributed by atoms with E-state index in [1.165, 1.54) is 59.2 Å². The largest absolute Gasteiger partial charge is 0.321 e. The Labute approximate surface area is 292 Å². The number of allylic oxidation sites excluding steroid dienone is 2. The monoisotopic (exact) mass is 663 g/mol. The Morgan fingerprint density at radius 2 is 1.26 bits per heavy atom. The molecule has 0 spiro atoms.